The molecule has 5 nitrogen and oxygen atoms in total. The van der Waals surface area contributed by atoms with Gasteiger partial charge in [-0.3, -0.25) is 4.79 Å². The first-order valence-corrected chi connectivity index (χ1v) is 10.6. The van der Waals surface area contributed by atoms with Crippen LogP contribution in [0.5, 0.6) is 5.75 Å². The van der Waals surface area contributed by atoms with Crippen LogP contribution < -0.4 is 4.74 Å². The molecule has 4 rings (SSSR count). The zero-order valence-electron chi connectivity index (χ0n) is 15.3. The van der Waals surface area contributed by atoms with Gasteiger partial charge in [0.2, 0.25) is 10.0 Å². The van der Waals surface area contributed by atoms with Gasteiger partial charge < -0.3 is 4.74 Å². The molecule has 2 aliphatic heterocycles. The predicted molar refractivity (Wildman–Crippen MR) is 99.0 cm³/mol. The van der Waals surface area contributed by atoms with Crippen molar-refractivity contribution in [2.24, 2.45) is 0 Å². The second-order valence-corrected chi connectivity index (χ2v) is 9.38. The molecule has 0 saturated carbocycles. The molecule has 2 aromatic carbocycles. The van der Waals surface area contributed by atoms with Gasteiger partial charge in [0.15, 0.2) is 5.78 Å². The molecule has 0 amide bonds. The van der Waals surface area contributed by atoms with Gasteiger partial charge in [-0.15, -0.1) is 0 Å². The molecule has 1 saturated heterocycles. The van der Waals surface area contributed by atoms with E-state index in [1.165, 1.54) is 16.4 Å². The van der Waals surface area contributed by atoms with Crippen molar-refractivity contribution in [3.05, 3.63) is 65.2 Å². The number of halogens is 3. The van der Waals surface area contributed by atoms with E-state index < -0.39 is 33.1 Å². The summed E-state index contributed by atoms with van der Waals surface area (Å²) < 4.78 is 70.9. The third-order valence-corrected chi connectivity index (χ3v) is 7.10. The molecular weight excluding hydrogens is 407 g/mol. The lowest BCUT2D eigenvalue weighted by molar-refractivity contribution is -0.137. The van der Waals surface area contributed by atoms with Gasteiger partial charge in [-0.05, 0) is 29.8 Å². The van der Waals surface area contributed by atoms with Crippen LogP contribution in [0.1, 0.15) is 34.3 Å². The molecule has 1 spiro atoms. The molecule has 29 heavy (non-hydrogen) atoms. The summed E-state index contributed by atoms with van der Waals surface area (Å²) in [4.78, 5) is 12.5. The second-order valence-electron chi connectivity index (χ2n) is 7.42. The second kappa shape index (κ2) is 6.84. The number of ketones is 1. The number of fused-ring (bicyclic) bond motifs is 1. The van der Waals surface area contributed by atoms with Gasteiger partial charge in [0.25, 0.3) is 0 Å². The predicted octanol–water partition coefficient (Wildman–Crippen LogP) is 3.65. The number of sulfonamides is 1. The Hall–Kier alpha value is -2.39. The molecule has 0 aromatic heterocycles. The summed E-state index contributed by atoms with van der Waals surface area (Å²) in [5.74, 6) is -0.0502. The van der Waals surface area contributed by atoms with E-state index in [1.54, 1.807) is 24.3 Å². The average molecular weight is 425 g/mol. The number of benzene rings is 2. The van der Waals surface area contributed by atoms with Crippen LogP contribution in [0, 0.1) is 0 Å². The molecule has 1 atom stereocenters. The summed E-state index contributed by atoms with van der Waals surface area (Å²) in [5.41, 5.74) is -0.973. The molecule has 9 heteroatoms. The summed E-state index contributed by atoms with van der Waals surface area (Å²) >= 11 is 0. The molecule has 0 N–H and O–H groups in total. The number of hydrogen-bond donors (Lipinski definition) is 0. The van der Waals surface area contributed by atoms with E-state index >= 15 is 0 Å². The van der Waals surface area contributed by atoms with Crippen LogP contribution in [0.3, 0.4) is 0 Å². The van der Waals surface area contributed by atoms with Gasteiger partial charge >= 0.3 is 6.18 Å². The van der Waals surface area contributed by atoms with E-state index in [0.29, 0.717) is 17.7 Å². The highest BCUT2D eigenvalue weighted by molar-refractivity contribution is 7.88. The van der Waals surface area contributed by atoms with Gasteiger partial charge in [0.05, 0.1) is 29.8 Å². The maximum absolute atomic E-state index is 12.8. The van der Waals surface area contributed by atoms with Crippen molar-refractivity contribution in [3.8, 4) is 5.75 Å². The molecule has 1 fully saturated rings. The minimum atomic E-state index is -4.47. The topological polar surface area (TPSA) is 63.7 Å². The summed E-state index contributed by atoms with van der Waals surface area (Å²) in [7, 11) is -3.77. The van der Waals surface area contributed by atoms with Crippen molar-refractivity contribution in [1.29, 1.82) is 0 Å². The van der Waals surface area contributed by atoms with Crippen molar-refractivity contribution >= 4 is 15.8 Å². The number of Topliss-reactive ketones (excluding diaryl/α,β-unsaturated/α-hetero) is 1. The first-order chi connectivity index (χ1) is 13.6. The standard InChI is InChI=1S/C20H18F3NO4S/c21-20(22,23)15-7-5-14(6-8-15)12-29(26,27)24-10-9-19(13-24)11-17(25)16-3-1-2-4-18(16)28-19/h1-8H,9-13H2/t19-/m0/s1. The average Bonchev–Trinajstić information content (AvgIpc) is 3.05. The number of carbonyl (C=O) groups is 1. The lowest BCUT2D eigenvalue weighted by Gasteiger charge is -2.34. The van der Waals surface area contributed by atoms with Crippen molar-refractivity contribution in [1.82, 2.24) is 4.31 Å². The highest BCUT2D eigenvalue weighted by atomic mass is 32.2. The van der Waals surface area contributed by atoms with Crippen LogP contribution in [0.4, 0.5) is 13.2 Å². The molecule has 0 bridgehead atoms. The van der Waals surface area contributed by atoms with Gasteiger partial charge in [-0.2, -0.15) is 17.5 Å². The zero-order chi connectivity index (χ0) is 20.9. The maximum Gasteiger partial charge on any atom is 0.416 e. The van der Waals surface area contributed by atoms with Crippen molar-refractivity contribution in [3.63, 3.8) is 0 Å². The molecule has 2 aromatic rings. The normalized spacial score (nSPS) is 22.5. The van der Waals surface area contributed by atoms with Crippen LogP contribution in [-0.2, 0) is 22.0 Å². The Balaban J connectivity index is 1.49. The van der Waals surface area contributed by atoms with Crippen molar-refractivity contribution in [2.45, 2.75) is 30.4 Å². The number of para-hydroxylation sites is 1. The van der Waals surface area contributed by atoms with E-state index in [9.17, 15) is 26.4 Å². The monoisotopic (exact) mass is 425 g/mol. The number of rotatable bonds is 3. The third-order valence-electron chi connectivity index (χ3n) is 5.30. The van der Waals surface area contributed by atoms with E-state index in [0.717, 1.165) is 12.1 Å². The fourth-order valence-corrected chi connectivity index (χ4v) is 5.41. The minimum absolute atomic E-state index is 0.0377. The Labute approximate surface area is 166 Å². The summed E-state index contributed by atoms with van der Waals surface area (Å²) in [6.07, 6.45) is -4.00. The molecule has 154 valence electrons. The number of ether oxygens (including phenoxy) is 1. The summed E-state index contributed by atoms with van der Waals surface area (Å²) in [6.45, 7) is 0.231. The van der Waals surface area contributed by atoms with Crippen LogP contribution in [-0.4, -0.2) is 37.2 Å². The Bertz CT molecular complexity index is 1050. The smallest absolute Gasteiger partial charge is 0.416 e. The van der Waals surface area contributed by atoms with Gasteiger partial charge in [-0.1, -0.05) is 24.3 Å². The Kier molecular flexibility index (Phi) is 4.70. The lowest BCUT2D eigenvalue weighted by Crippen LogP contribution is -2.45. The van der Waals surface area contributed by atoms with Crippen LogP contribution in [0.15, 0.2) is 48.5 Å². The largest absolute Gasteiger partial charge is 0.485 e. The van der Waals surface area contributed by atoms with E-state index in [-0.39, 0.29) is 30.9 Å². The van der Waals surface area contributed by atoms with Gasteiger partial charge in [0.1, 0.15) is 11.4 Å². The number of alkyl halides is 3. The minimum Gasteiger partial charge on any atom is -0.485 e. The molecule has 2 heterocycles. The number of hydrogen-bond acceptors (Lipinski definition) is 4. The molecule has 0 aliphatic carbocycles. The molecule has 0 radical (unpaired) electrons. The molecule has 0 unspecified atom stereocenters. The molecular formula is C20H18F3NO4S. The van der Waals surface area contributed by atoms with Gasteiger partial charge in [-0.25, -0.2) is 8.42 Å². The summed E-state index contributed by atoms with van der Waals surface area (Å²) in [6, 6.07) is 10.9. The van der Waals surface area contributed by atoms with Crippen molar-refractivity contribution in [2.75, 3.05) is 13.1 Å². The van der Waals surface area contributed by atoms with E-state index in [2.05, 4.69) is 0 Å². The van der Waals surface area contributed by atoms with E-state index in [4.69, 9.17) is 4.74 Å². The first-order valence-electron chi connectivity index (χ1n) is 9.03. The summed E-state index contributed by atoms with van der Waals surface area (Å²) in [5, 5.41) is 0. The third kappa shape index (κ3) is 3.89. The Morgan fingerprint density at radius 3 is 2.45 bits per heavy atom. The molecule has 2 aliphatic rings. The van der Waals surface area contributed by atoms with E-state index in [1.807, 2.05) is 0 Å². The fraction of sp³-hybridized carbons (Fsp3) is 0.350. The Morgan fingerprint density at radius 1 is 1.07 bits per heavy atom. The highest BCUT2D eigenvalue weighted by Crippen LogP contribution is 2.39. The fourth-order valence-electron chi connectivity index (χ4n) is 3.81. The zero-order valence-corrected chi connectivity index (χ0v) is 16.1. The number of nitrogens with zero attached hydrogens (tertiary/aromatic N) is 1. The SMILES string of the molecule is O=C1C[C@]2(CCN(S(=O)(=O)Cc3ccc(C(F)(F)F)cc3)C2)Oc2ccccc21. The highest BCUT2D eigenvalue weighted by Gasteiger charge is 2.48. The number of carbonyl (C=O) groups excluding carboxylic acids is 1. The first kappa shape index (κ1) is 19.9. The Morgan fingerprint density at radius 2 is 1.76 bits per heavy atom. The van der Waals surface area contributed by atoms with Crippen LogP contribution in [0.25, 0.3) is 0 Å². The maximum atomic E-state index is 12.8. The van der Waals surface area contributed by atoms with Crippen LogP contribution in [0.2, 0.25) is 0 Å². The quantitative estimate of drug-likeness (QED) is 0.753. The van der Waals surface area contributed by atoms with Gasteiger partial charge in [0, 0.05) is 13.0 Å². The van der Waals surface area contributed by atoms with Crippen molar-refractivity contribution < 1.29 is 31.1 Å². The lowest BCUT2D eigenvalue weighted by atomic mass is 9.89. The van der Waals surface area contributed by atoms with Crippen LogP contribution >= 0.6 is 0 Å².